The number of nitrogens with zero attached hydrogens (tertiary/aromatic N) is 2. The maximum atomic E-state index is 13.7. The molecule has 2 aliphatic rings. The predicted molar refractivity (Wildman–Crippen MR) is 134 cm³/mol. The molecule has 0 spiro atoms. The van der Waals surface area contributed by atoms with Gasteiger partial charge in [0.2, 0.25) is 11.8 Å². The van der Waals surface area contributed by atoms with Crippen LogP contribution in [0.1, 0.15) is 51.5 Å². The molecular weight excluding hydrogens is 428 g/mol. The van der Waals surface area contributed by atoms with Crippen molar-refractivity contribution in [2.75, 3.05) is 26.8 Å². The van der Waals surface area contributed by atoms with Crippen LogP contribution in [0.15, 0.2) is 30.5 Å². The van der Waals surface area contributed by atoms with Gasteiger partial charge in [0, 0.05) is 75.5 Å². The fourth-order valence-corrected chi connectivity index (χ4v) is 5.10. The molecule has 0 radical (unpaired) electrons. The predicted octanol–water partition coefficient (Wildman–Crippen LogP) is 3.31. The van der Waals surface area contributed by atoms with E-state index in [2.05, 4.69) is 50.6 Å². The van der Waals surface area contributed by atoms with E-state index in [0.717, 1.165) is 39.0 Å². The van der Waals surface area contributed by atoms with Crippen molar-refractivity contribution >= 4 is 22.7 Å². The molecule has 2 fully saturated rings. The maximum absolute atomic E-state index is 13.7. The van der Waals surface area contributed by atoms with Crippen molar-refractivity contribution in [1.29, 1.82) is 0 Å². The minimum Gasteiger partial charge on any atom is -0.385 e. The number of rotatable bonds is 11. The van der Waals surface area contributed by atoms with Gasteiger partial charge in [-0.1, -0.05) is 32.0 Å². The Morgan fingerprint density at radius 3 is 2.76 bits per heavy atom. The van der Waals surface area contributed by atoms with Crippen LogP contribution in [0.4, 0.5) is 0 Å². The smallest absolute Gasteiger partial charge is 0.227 e. The minimum atomic E-state index is -0.103. The van der Waals surface area contributed by atoms with Crippen LogP contribution in [0.2, 0.25) is 0 Å². The molecule has 1 aliphatic heterocycles. The molecule has 2 aromatic rings. The molecule has 0 unspecified atom stereocenters. The van der Waals surface area contributed by atoms with Crippen LogP contribution in [0.5, 0.6) is 0 Å². The Kier molecular flexibility index (Phi) is 8.27. The number of benzene rings is 1. The van der Waals surface area contributed by atoms with E-state index in [1.807, 2.05) is 13.8 Å². The zero-order valence-electron chi connectivity index (χ0n) is 20.9. The van der Waals surface area contributed by atoms with Crippen LogP contribution >= 0.6 is 0 Å². The Morgan fingerprint density at radius 2 is 2.03 bits per heavy atom. The topological polar surface area (TPSA) is 75.6 Å². The third-order valence-electron chi connectivity index (χ3n) is 6.89. The quantitative estimate of drug-likeness (QED) is 0.496. The molecule has 1 saturated heterocycles. The Hall–Kier alpha value is -2.38. The average Bonchev–Trinajstić information content (AvgIpc) is 3.60. The van der Waals surface area contributed by atoms with Crippen molar-refractivity contribution in [1.82, 2.24) is 20.1 Å². The van der Waals surface area contributed by atoms with Gasteiger partial charge in [0.1, 0.15) is 0 Å². The molecule has 1 aliphatic carbocycles. The summed E-state index contributed by atoms with van der Waals surface area (Å²) in [6.45, 7) is 7.78. The van der Waals surface area contributed by atoms with Crippen molar-refractivity contribution in [3.63, 3.8) is 0 Å². The second-order valence-electron chi connectivity index (χ2n) is 10.4. The molecule has 2 atom stereocenters. The summed E-state index contributed by atoms with van der Waals surface area (Å²) in [6, 6.07) is 8.81. The second kappa shape index (κ2) is 11.4. The van der Waals surface area contributed by atoms with E-state index in [1.165, 1.54) is 16.5 Å². The first-order chi connectivity index (χ1) is 16.5. The van der Waals surface area contributed by atoms with Gasteiger partial charge in [-0.2, -0.15) is 0 Å². The highest BCUT2D eigenvalue weighted by Gasteiger charge is 2.38. The molecular formula is C27H40N4O3. The summed E-state index contributed by atoms with van der Waals surface area (Å²) in [5.74, 6) is 0.522. The number of para-hydroxylation sites is 1. The fourth-order valence-electron chi connectivity index (χ4n) is 5.10. The first-order valence-corrected chi connectivity index (χ1v) is 12.8. The molecule has 1 aromatic heterocycles. The van der Waals surface area contributed by atoms with Gasteiger partial charge in [-0.25, -0.2) is 0 Å². The third-order valence-corrected chi connectivity index (χ3v) is 6.89. The highest BCUT2D eigenvalue weighted by atomic mass is 16.5. The van der Waals surface area contributed by atoms with Gasteiger partial charge >= 0.3 is 0 Å². The number of amides is 2. The molecule has 7 heteroatoms. The number of ether oxygens (including phenoxy) is 1. The van der Waals surface area contributed by atoms with Gasteiger partial charge in [0.15, 0.2) is 0 Å². The lowest BCUT2D eigenvalue weighted by Crippen LogP contribution is -2.53. The lowest BCUT2D eigenvalue weighted by Gasteiger charge is -2.34. The summed E-state index contributed by atoms with van der Waals surface area (Å²) < 4.78 is 7.53. The summed E-state index contributed by atoms with van der Waals surface area (Å²) in [5, 5.41) is 7.74. The summed E-state index contributed by atoms with van der Waals surface area (Å²) in [4.78, 5) is 28.1. The second-order valence-corrected chi connectivity index (χ2v) is 10.4. The Bertz CT molecular complexity index is 981. The van der Waals surface area contributed by atoms with E-state index in [1.54, 1.807) is 7.11 Å². The van der Waals surface area contributed by atoms with Crippen LogP contribution < -0.4 is 10.6 Å². The Morgan fingerprint density at radius 1 is 1.24 bits per heavy atom. The number of fused-ring (bicyclic) bond motifs is 1. The van der Waals surface area contributed by atoms with Crippen molar-refractivity contribution < 1.29 is 14.3 Å². The molecule has 186 valence electrons. The monoisotopic (exact) mass is 468 g/mol. The largest absolute Gasteiger partial charge is 0.385 e. The SMILES string of the molecule is COCCCn1cc(CN(C(=O)[C@H]2CNC[C@@H](NC(=O)CC(C)C)C2)C2CC2)c2ccccc21. The van der Waals surface area contributed by atoms with Crippen LogP contribution in [0.3, 0.4) is 0 Å². The van der Waals surface area contributed by atoms with E-state index >= 15 is 0 Å². The minimum absolute atomic E-state index is 0.0118. The van der Waals surface area contributed by atoms with Crippen molar-refractivity contribution in [2.45, 2.75) is 71.1 Å². The summed E-state index contributed by atoms with van der Waals surface area (Å²) >= 11 is 0. The van der Waals surface area contributed by atoms with Gasteiger partial charge in [-0.05, 0) is 43.2 Å². The number of aryl methyl sites for hydroxylation is 1. The molecule has 1 aromatic carbocycles. The van der Waals surface area contributed by atoms with E-state index in [0.29, 0.717) is 37.9 Å². The van der Waals surface area contributed by atoms with Gasteiger partial charge in [0.25, 0.3) is 0 Å². The zero-order chi connectivity index (χ0) is 24.1. The van der Waals surface area contributed by atoms with Gasteiger partial charge < -0.3 is 24.8 Å². The van der Waals surface area contributed by atoms with Crippen LogP contribution in [-0.2, 0) is 27.4 Å². The maximum Gasteiger partial charge on any atom is 0.227 e. The number of hydrogen-bond donors (Lipinski definition) is 2. The van der Waals surface area contributed by atoms with Gasteiger partial charge in [-0.3, -0.25) is 9.59 Å². The molecule has 1 saturated carbocycles. The number of nitrogens with one attached hydrogen (secondary N) is 2. The Balaban J connectivity index is 1.46. The summed E-state index contributed by atoms with van der Waals surface area (Å²) in [5.41, 5.74) is 2.42. The molecule has 2 N–H and O–H groups in total. The van der Waals surface area contributed by atoms with Crippen LogP contribution in [0.25, 0.3) is 10.9 Å². The number of aromatic nitrogens is 1. The summed E-state index contributed by atoms with van der Waals surface area (Å²) in [7, 11) is 1.73. The third kappa shape index (κ3) is 6.19. The zero-order valence-corrected chi connectivity index (χ0v) is 20.9. The number of methoxy groups -OCH3 is 1. The number of hydrogen-bond acceptors (Lipinski definition) is 4. The average molecular weight is 469 g/mol. The highest BCUT2D eigenvalue weighted by Crippen LogP contribution is 2.33. The first-order valence-electron chi connectivity index (χ1n) is 12.8. The number of carbonyl (C=O) groups excluding carboxylic acids is 2. The molecule has 0 bridgehead atoms. The van der Waals surface area contributed by atoms with Crippen molar-refractivity contribution in [2.24, 2.45) is 11.8 Å². The van der Waals surface area contributed by atoms with E-state index in [9.17, 15) is 9.59 Å². The van der Waals surface area contributed by atoms with Crippen LogP contribution in [0, 0.1) is 11.8 Å². The van der Waals surface area contributed by atoms with E-state index in [4.69, 9.17) is 4.74 Å². The van der Waals surface area contributed by atoms with E-state index in [-0.39, 0.29) is 23.8 Å². The van der Waals surface area contributed by atoms with Crippen LogP contribution in [-0.4, -0.2) is 60.2 Å². The molecule has 4 rings (SSSR count). The van der Waals surface area contributed by atoms with E-state index < -0.39 is 0 Å². The number of carbonyl (C=O) groups is 2. The molecule has 2 amide bonds. The van der Waals surface area contributed by atoms with Crippen molar-refractivity contribution in [3.05, 3.63) is 36.0 Å². The molecule has 34 heavy (non-hydrogen) atoms. The normalized spacial score (nSPS) is 20.6. The van der Waals surface area contributed by atoms with Gasteiger partial charge in [-0.15, -0.1) is 0 Å². The number of piperidine rings is 1. The van der Waals surface area contributed by atoms with Crippen molar-refractivity contribution in [3.8, 4) is 0 Å². The fraction of sp³-hybridized carbons (Fsp3) is 0.630. The first kappa shape index (κ1) is 24.7. The Labute approximate surface area is 203 Å². The standard InChI is InChI=1S/C27H40N4O3/c1-19(2)13-26(32)29-22-14-20(15-28-16-22)27(33)31(23-9-10-23)18-21-17-30(11-6-12-34-3)25-8-5-4-7-24(21)25/h4-5,7-8,17,19-20,22-23,28H,6,9-16,18H2,1-3H3,(H,29,32)/t20-,22+/m1/s1. The van der Waals surface area contributed by atoms with Gasteiger partial charge in [0.05, 0.1) is 5.92 Å². The lowest BCUT2D eigenvalue weighted by atomic mass is 9.93. The molecule has 7 nitrogen and oxygen atoms in total. The summed E-state index contributed by atoms with van der Waals surface area (Å²) in [6.07, 6.45) is 6.56. The lowest BCUT2D eigenvalue weighted by molar-refractivity contribution is -0.138. The highest BCUT2D eigenvalue weighted by molar-refractivity contribution is 5.85. The molecule has 2 heterocycles.